The maximum atomic E-state index is 13.2. The first-order chi connectivity index (χ1) is 15.4. The van der Waals surface area contributed by atoms with E-state index in [1.54, 1.807) is 24.3 Å². The molecule has 0 saturated carbocycles. The van der Waals surface area contributed by atoms with Crippen molar-refractivity contribution in [3.8, 4) is 0 Å². The molecule has 0 spiro atoms. The van der Waals surface area contributed by atoms with Crippen molar-refractivity contribution in [2.75, 3.05) is 20.6 Å². The third-order valence-electron chi connectivity index (χ3n) is 5.29. The number of hydrogen-bond acceptors (Lipinski definition) is 3. The lowest BCUT2D eigenvalue weighted by Gasteiger charge is -2.26. The number of rotatable bonds is 9. The van der Waals surface area contributed by atoms with Gasteiger partial charge in [-0.15, -0.1) is 0 Å². The molecule has 0 aliphatic heterocycles. The van der Waals surface area contributed by atoms with Crippen LogP contribution >= 0.6 is 11.6 Å². The van der Waals surface area contributed by atoms with Crippen molar-refractivity contribution in [3.63, 3.8) is 0 Å². The van der Waals surface area contributed by atoms with Gasteiger partial charge in [0.2, 0.25) is 5.91 Å². The van der Waals surface area contributed by atoms with Gasteiger partial charge in [0.1, 0.15) is 6.04 Å². The molecule has 0 bridgehead atoms. The first-order valence-corrected chi connectivity index (χ1v) is 10.9. The van der Waals surface area contributed by atoms with Crippen LogP contribution in [0.25, 0.3) is 0 Å². The lowest BCUT2D eigenvalue weighted by Crippen LogP contribution is -2.49. The molecule has 2 unspecified atom stereocenters. The van der Waals surface area contributed by atoms with E-state index >= 15 is 0 Å². The van der Waals surface area contributed by atoms with Crippen molar-refractivity contribution < 1.29 is 9.59 Å². The molecule has 0 heterocycles. The molecule has 2 amide bonds. The van der Waals surface area contributed by atoms with Crippen molar-refractivity contribution in [1.82, 2.24) is 15.5 Å². The van der Waals surface area contributed by atoms with Crippen LogP contribution in [-0.2, 0) is 11.2 Å². The summed E-state index contributed by atoms with van der Waals surface area (Å²) in [4.78, 5) is 28.0. The fourth-order valence-corrected chi connectivity index (χ4v) is 3.62. The molecule has 3 aromatic rings. The van der Waals surface area contributed by atoms with Crippen LogP contribution in [0.3, 0.4) is 0 Å². The van der Waals surface area contributed by atoms with E-state index in [-0.39, 0.29) is 17.9 Å². The Kier molecular flexibility index (Phi) is 8.42. The summed E-state index contributed by atoms with van der Waals surface area (Å²) in [6, 6.07) is 25.6. The van der Waals surface area contributed by atoms with Crippen molar-refractivity contribution in [2.24, 2.45) is 0 Å². The molecule has 0 saturated heterocycles. The second-order valence-corrected chi connectivity index (χ2v) is 8.29. The summed E-state index contributed by atoms with van der Waals surface area (Å²) in [5.74, 6) is -0.538. The highest BCUT2D eigenvalue weighted by atomic mass is 35.5. The molecule has 0 aromatic heterocycles. The number of amides is 2. The SMILES string of the molecule is CN(C)C(CNC(=O)C(Cc1ccccc1)NC(=O)c1ccc(Cl)cc1)c1ccccc1. The zero-order valence-electron chi connectivity index (χ0n) is 18.3. The monoisotopic (exact) mass is 449 g/mol. The maximum absolute atomic E-state index is 13.2. The third-order valence-corrected chi connectivity index (χ3v) is 5.54. The van der Waals surface area contributed by atoms with Crippen LogP contribution in [0.4, 0.5) is 0 Å². The van der Waals surface area contributed by atoms with Crippen LogP contribution in [0.1, 0.15) is 27.5 Å². The highest BCUT2D eigenvalue weighted by Gasteiger charge is 2.23. The van der Waals surface area contributed by atoms with E-state index in [9.17, 15) is 9.59 Å². The molecule has 3 rings (SSSR count). The topological polar surface area (TPSA) is 61.4 Å². The van der Waals surface area contributed by atoms with E-state index in [1.807, 2.05) is 74.8 Å². The summed E-state index contributed by atoms with van der Waals surface area (Å²) in [5, 5.41) is 6.47. The van der Waals surface area contributed by atoms with Crippen molar-refractivity contribution in [2.45, 2.75) is 18.5 Å². The smallest absolute Gasteiger partial charge is 0.251 e. The van der Waals surface area contributed by atoms with E-state index < -0.39 is 6.04 Å². The number of benzene rings is 3. The number of likely N-dealkylation sites (N-methyl/N-ethyl adjacent to an activating group) is 1. The van der Waals surface area contributed by atoms with Gasteiger partial charge in [-0.05, 0) is 49.5 Å². The second-order valence-electron chi connectivity index (χ2n) is 7.86. The Morgan fingerprint density at radius 1 is 0.875 bits per heavy atom. The summed E-state index contributed by atoms with van der Waals surface area (Å²) in [6.07, 6.45) is 0.393. The van der Waals surface area contributed by atoms with Crippen LogP contribution in [0.2, 0.25) is 5.02 Å². The van der Waals surface area contributed by atoms with Gasteiger partial charge in [0, 0.05) is 23.6 Å². The Hall–Kier alpha value is -3.15. The van der Waals surface area contributed by atoms with Gasteiger partial charge in [0.05, 0.1) is 6.04 Å². The molecule has 0 fully saturated rings. The number of halogens is 1. The van der Waals surface area contributed by atoms with Gasteiger partial charge in [-0.25, -0.2) is 0 Å². The number of nitrogens with one attached hydrogen (secondary N) is 2. The lowest BCUT2D eigenvalue weighted by molar-refractivity contribution is -0.123. The van der Waals surface area contributed by atoms with Gasteiger partial charge in [0.25, 0.3) is 5.91 Å². The minimum atomic E-state index is -0.709. The predicted molar refractivity (Wildman–Crippen MR) is 129 cm³/mol. The van der Waals surface area contributed by atoms with E-state index in [2.05, 4.69) is 15.5 Å². The highest BCUT2D eigenvalue weighted by molar-refractivity contribution is 6.30. The van der Waals surface area contributed by atoms with Gasteiger partial charge < -0.3 is 15.5 Å². The average molecular weight is 450 g/mol. The molecule has 0 aliphatic carbocycles. The van der Waals surface area contributed by atoms with Crippen molar-refractivity contribution in [1.29, 1.82) is 0 Å². The van der Waals surface area contributed by atoms with Gasteiger partial charge in [-0.3, -0.25) is 9.59 Å². The fourth-order valence-electron chi connectivity index (χ4n) is 3.50. The normalized spacial score (nSPS) is 12.8. The zero-order valence-corrected chi connectivity index (χ0v) is 19.0. The molecule has 32 heavy (non-hydrogen) atoms. The Morgan fingerprint density at radius 3 is 2.06 bits per heavy atom. The molecule has 0 aliphatic rings. The van der Waals surface area contributed by atoms with Crippen molar-refractivity contribution in [3.05, 3.63) is 107 Å². The van der Waals surface area contributed by atoms with Crippen LogP contribution in [0.15, 0.2) is 84.9 Å². The van der Waals surface area contributed by atoms with Gasteiger partial charge >= 0.3 is 0 Å². The Balaban J connectivity index is 1.73. The van der Waals surface area contributed by atoms with Crippen LogP contribution in [0.5, 0.6) is 0 Å². The average Bonchev–Trinajstić information content (AvgIpc) is 2.80. The molecule has 3 aromatic carbocycles. The number of nitrogens with zero attached hydrogens (tertiary/aromatic N) is 1. The number of carbonyl (C=O) groups excluding carboxylic acids is 2. The molecule has 5 nitrogen and oxygen atoms in total. The lowest BCUT2D eigenvalue weighted by atomic mass is 10.0. The van der Waals surface area contributed by atoms with Crippen LogP contribution < -0.4 is 10.6 Å². The Morgan fingerprint density at radius 2 is 1.47 bits per heavy atom. The summed E-state index contributed by atoms with van der Waals surface area (Å²) in [6.45, 7) is 0.429. The second kappa shape index (κ2) is 11.5. The van der Waals surface area contributed by atoms with Crippen LogP contribution in [0, 0.1) is 0 Å². The van der Waals surface area contributed by atoms with Gasteiger partial charge in [-0.1, -0.05) is 72.3 Å². The zero-order chi connectivity index (χ0) is 22.9. The summed E-state index contributed by atoms with van der Waals surface area (Å²) in [5.41, 5.74) is 2.54. The van der Waals surface area contributed by atoms with Crippen molar-refractivity contribution >= 4 is 23.4 Å². The van der Waals surface area contributed by atoms with Gasteiger partial charge in [-0.2, -0.15) is 0 Å². The molecular formula is C26H28ClN3O2. The first-order valence-electron chi connectivity index (χ1n) is 10.5. The molecule has 2 atom stereocenters. The van der Waals surface area contributed by atoms with Gasteiger partial charge in [0.15, 0.2) is 0 Å². The van der Waals surface area contributed by atoms with E-state index in [1.165, 1.54) is 0 Å². The minimum Gasteiger partial charge on any atom is -0.352 e. The maximum Gasteiger partial charge on any atom is 0.251 e. The van der Waals surface area contributed by atoms with E-state index in [0.29, 0.717) is 23.6 Å². The van der Waals surface area contributed by atoms with E-state index in [0.717, 1.165) is 11.1 Å². The number of carbonyl (C=O) groups is 2. The summed E-state index contributed by atoms with van der Waals surface area (Å²) >= 11 is 5.93. The Labute approximate surface area is 194 Å². The quantitative estimate of drug-likeness (QED) is 0.517. The molecule has 2 N–H and O–H groups in total. The first kappa shape index (κ1) is 23.5. The highest BCUT2D eigenvalue weighted by Crippen LogP contribution is 2.17. The largest absolute Gasteiger partial charge is 0.352 e. The molecule has 166 valence electrons. The number of hydrogen-bond donors (Lipinski definition) is 2. The van der Waals surface area contributed by atoms with Crippen LogP contribution in [-0.4, -0.2) is 43.4 Å². The predicted octanol–water partition coefficient (Wildman–Crippen LogP) is 4.10. The Bertz CT molecular complexity index is 1010. The third kappa shape index (κ3) is 6.67. The summed E-state index contributed by atoms with van der Waals surface area (Å²) in [7, 11) is 3.96. The standard InChI is InChI=1S/C26H28ClN3O2/c1-30(2)24(20-11-7-4-8-12-20)18-28-26(32)23(17-19-9-5-3-6-10-19)29-25(31)21-13-15-22(27)16-14-21/h3-16,23-24H,17-18H2,1-2H3,(H,28,32)(H,29,31). The fraction of sp³-hybridized carbons (Fsp3) is 0.231. The molecular weight excluding hydrogens is 422 g/mol. The minimum absolute atomic E-state index is 0.0180. The molecule has 0 radical (unpaired) electrons. The molecule has 6 heteroatoms. The summed E-state index contributed by atoms with van der Waals surface area (Å²) < 4.78 is 0. The van der Waals surface area contributed by atoms with E-state index in [4.69, 9.17) is 11.6 Å².